The third-order valence-corrected chi connectivity index (χ3v) is 13.0. The molecule has 0 bridgehead atoms. The molecule has 0 aromatic rings. The molecule has 2 unspecified atom stereocenters. The van der Waals surface area contributed by atoms with Crippen LogP contribution >= 0.6 is 0 Å². The minimum absolute atomic E-state index is 0. The van der Waals surface area contributed by atoms with Crippen LogP contribution in [0.2, 0.25) is 0 Å². The van der Waals surface area contributed by atoms with Gasteiger partial charge in [0, 0.05) is 57.8 Å². The van der Waals surface area contributed by atoms with Gasteiger partial charge in [0.1, 0.15) is 0 Å². The number of hydrogen-bond acceptors (Lipinski definition) is 10. The van der Waals surface area contributed by atoms with Crippen molar-refractivity contribution in [3.05, 3.63) is 0 Å². The largest absolute Gasteiger partial charge is 0.466 e. The lowest BCUT2D eigenvalue weighted by atomic mass is 10.1. The number of aliphatic hydroxyl groups excluding tert-OH is 1. The Hall–Kier alpha value is -1.34. The number of rotatable bonds is 47. The Morgan fingerprint density at radius 3 is 1.36 bits per heavy atom. The van der Waals surface area contributed by atoms with Gasteiger partial charge in [-0.05, 0) is 97.8 Å². The molecule has 3 N–H and O–H groups in total. The number of unbranched alkanes of at least 4 members (excludes halogenated alkanes) is 22. The number of aliphatic hydroxyl groups is 1. The van der Waals surface area contributed by atoms with Crippen LogP contribution in [0.3, 0.4) is 0 Å². The highest BCUT2D eigenvalue weighted by atomic mass is 16.7. The molecule has 0 spiro atoms. The molecule has 0 aliphatic carbocycles. The third kappa shape index (κ3) is 37.7. The zero-order chi connectivity index (χ0) is 45.9. The van der Waals surface area contributed by atoms with Gasteiger partial charge in [-0.3, -0.25) is 19.4 Å². The number of nitrogens with zero attached hydrogens (tertiary/aromatic N) is 3. The first-order chi connectivity index (χ1) is 30.8. The first-order valence-corrected chi connectivity index (χ1v) is 27.2. The molecule has 1 rings (SSSR count). The summed E-state index contributed by atoms with van der Waals surface area (Å²) in [5.41, 5.74) is 0. The Kier molecular flexibility index (Phi) is 45.8. The fourth-order valence-electron chi connectivity index (χ4n) is 8.80. The van der Waals surface area contributed by atoms with Gasteiger partial charge in [-0.15, -0.1) is 0 Å². The molecule has 64 heavy (non-hydrogen) atoms. The number of hydrogen-bond donors (Lipinski definition) is 1. The van der Waals surface area contributed by atoms with Crippen molar-refractivity contribution in [3.63, 3.8) is 0 Å². The monoisotopic (exact) mass is 914 g/mol. The maximum atomic E-state index is 12.8. The van der Waals surface area contributed by atoms with E-state index in [-0.39, 0.29) is 30.3 Å². The molecule has 11 nitrogen and oxygen atoms in total. The van der Waals surface area contributed by atoms with E-state index in [4.69, 9.17) is 18.9 Å². The Morgan fingerprint density at radius 2 is 0.875 bits per heavy atom. The lowest BCUT2D eigenvalue weighted by Gasteiger charge is -2.44. The molecule has 11 heteroatoms. The van der Waals surface area contributed by atoms with E-state index < -0.39 is 0 Å². The van der Waals surface area contributed by atoms with E-state index in [0.717, 1.165) is 110 Å². The standard InChI is InChI=1S/C53H105N3O7.H2O/c1-6-9-12-15-18-19-20-23-30-43-60-51(58)34-25-24-26-37-54(38-27-28-40-55-47-50(5)56(41-42-57)48-49(55)4)39-29-33-44-61-52(59)35-36-53(62-45-31-21-16-13-10-7-2)63-46-32-22-17-14-11-8-3;/h49-50,53,57H,6-48H2,1-5H3;1H2. The van der Waals surface area contributed by atoms with E-state index in [0.29, 0.717) is 57.8 Å². The highest BCUT2D eigenvalue weighted by molar-refractivity contribution is 5.69. The second kappa shape index (κ2) is 46.8. The van der Waals surface area contributed by atoms with E-state index in [1.165, 1.54) is 116 Å². The molecule has 382 valence electrons. The average Bonchev–Trinajstić information content (AvgIpc) is 3.27. The summed E-state index contributed by atoms with van der Waals surface area (Å²) in [5, 5.41) is 9.46. The van der Waals surface area contributed by atoms with Crippen molar-refractivity contribution in [2.45, 2.75) is 252 Å². The van der Waals surface area contributed by atoms with E-state index in [2.05, 4.69) is 49.3 Å². The summed E-state index contributed by atoms with van der Waals surface area (Å²) in [6, 6.07) is 0.976. The second-order valence-corrected chi connectivity index (χ2v) is 19.0. The summed E-state index contributed by atoms with van der Waals surface area (Å²) in [7, 11) is 0. The normalized spacial score (nSPS) is 15.9. The van der Waals surface area contributed by atoms with Gasteiger partial charge in [-0.25, -0.2) is 0 Å². The highest BCUT2D eigenvalue weighted by Crippen LogP contribution is 2.17. The molecule has 0 amide bonds. The molecule has 0 radical (unpaired) electrons. The fraction of sp³-hybridized carbons (Fsp3) is 0.962. The van der Waals surface area contributed by atoms with Crippen LogP contribution in [0.15, 0.2) is 0 Å². The zero-order valence-electron chi connectivity index (χ0n) is 42.9. The van der Waals surface area contributed by atoms with Gasteiger partial charge in [-0.1, -0.05) is 143 Å². The Bertz CT molecular complexity index is 991. The molecule has 0 saturated carbocycles. The van der Waals surface area contributed by atoms with Gasteiger partial charge in [0.25, 0.3) is 0 Å². The molecule has 0 aromatic heterocycles. The maximum absolute atomic E-state index is 12.8. The molecular weight excluding hydrogens is 807 g/mol. The smallest absolute Gasteiger partial charge is 0.305 e. The van der Waals surface area contributed by atoms with Crippen molar-refractivity contribution in [1.29, 1.82) is 0 Å². The predicted octanol–water partition coefficient (Wildman–Crippen LogP) is 11.4. The van der Waals surface area contributed by atoms with E-state index in [9.17, 15) is 14.7 Å². The molecule has 1 fully saturated rings. The summed E-state index contributed by atoms with van der Waals surface area (Å²) in [6.45, 7) is 21.0. The van der Waals surface area contributed by atoms with Crippen molar-refractivity contribution in [2.75, 3.05) is 78.8 Å². The van der Waals surface area contributed by atoms with Crippen molar-refractivity contribution in [2.24, 2.45) is 0 Å². The fourth-order valence-corrected chi connectivity index (χ4v) is 8.80. The van der Waals surface area contributed by atoms with Crippen LogP contribution in [-0.2, 0) is 28.5 Å². The lowest BCUT2D eigenvalue weighted by Crippen LogP contribution is -2.56. The van der Waals surface area contributed by atoms with Crippen LogP contribution in [0.5, 0.6) is 0 Å². The van der Waals surface area contributed by atoms with Crippen LogP contribution in [0.4, 0.5) is 0 Å². The third-order valence-electron chi connectivity index (χ3n) is 13.0. The maximum Gasteiger partial charge on any atom is 0.305 e. The summed E-state index contributed by atoms with van der Waals surface area (Å²) in [5.74, 6) is -0.200. The van der Waals surface area contributed by atoms with Gasteiger partial charge in [-0.2, -0.15) is 0 Å². The summed E-state index contributed by atoms with van der Waals surface area (Å²) < 4.78 is 23.5. The number of piperazine rings is 1. The zero-order valence-corrected chi connectivity index (χ0v) is 42.9. The minimum atomic E-state index is -0.338. The van der Waals surface area contributed by atoms with E-state index in [1.807, 2.05) is 0 Å². The minimum Gasteiger partial charge on any atom is -0.466 e. The van der Waals surface area contributed by atoms with Crippen molar-refractivity contribution >= 4 is 11.9 Å². The Labute approximate surface area is 395 Å². The number of carbonyl (C=O) groups is 2. The van der Waals surface area contributed by atoms with Gasteiger partial charge in [0.15, 0.2) is 6.29 Å². The highest BCUT2D eigenvalue weighted by Gasteiger charge is 2.28. The molecule has 0 aromatic carbocycles. The van der Waals surface area contributed by atoms with Crippen molar-refractivity contribution < 1.29 is 39.1 Å². The van der Waals surface area contributed by atoms with Gasteiger partial charge < -0.3 is 34.4 Å². The van der Waals surface area contributed by atoms with Crippen molar-refractivity contribution in [1.82, 2.24) is 14.7 Å². The van der Waals surface area contributed by atoms with Crippen LogP contribution in [0.1, 0.15) is 234 Å². The molecule has 1 aliphatic rings. The van der Waals surface area contributed by atoms with Crippen LogP contribution < -0.4 is 0 Å². The molecule has 1 heterocycles. The topological polar surface area (TPSA) is 133 Å². The Morgan fingerprint density at radius 1 is 0.500 bits per heavy atom. The first kappa shape index (κ1) is 62.7. The molecule has 2 atom stereocenters. The quantitative estimate of drug-likeness (QED) is 0.0357. The van der Waals surface area contributed by atoms with Crippen molar-refractivity contribution in [3.8, 4) is 0 Å². The first-order valence-electron chi connectivity index (χ1n) is 27.2. The predicted molar refractivity (Wildman–Crippen MR) is 267 cm³/mol. The summed E-state index contributed by atoms with van der Waals surface area (Å²) >= 11 is 0. The number of β-amino-alcohol motifs (C(OH)–C–C–N with tert-alkyl or cyclic N) is 1. The summed E-state index contributed by atoms with van der Waals surface area (Å²) in [4.78, 5) is 32.8. The van der Waals surface area contributed by atoms with E-state index >= 15 is 0 Å². The van der Waals surface area contributed by atoms with Gasteiger partial charge >= 0.3 is 11.9 Å². The van der Waals surface area contributed by atoms with Crippen LogP contribution in [0, 0.1) is 0 Å². The average molecular weight is 914 g/mol. The number of carbonyl (C=O) groups excluding carboxylic acids is 2. The molecule has 1 aliphatic heterocycles. The van der Waals surface area contributed by atoms with E-state index in [1.54, 1.807) is 0 Å². The number of ether oxygens (including phenoxy) is 4. The Balaban J connectivity index is 0.0000397. The molecular formula is C53H107N3O8. The van der Waals surface area contributed by atoms with Crippen LogP contribution in [0.25, 0.3) is 0 Å². The molecule has 1 saturated heterocycles. The lowest BCUT2D eigenvalue weighted by molar-refractivity contribution is -0.159. The second-order valence-electron chi connectivity index (χ2n) is 19.0. The number of esters is 2. The van der Waals surface area contributed by atoms with Gasteiger partial charge in [0.2, 0.25) is 0 Å². The van der Waals surface area contributed by atoms with Gasteiger partial charge in [0.05, 0.1) is 26.2 Å². The summed E-state index contributed by atoms with van der Waals surface area (Å²) in [6.07, 6.45) is 34.3. The van der Waals surface area contributed by atoms with Crippen LogP contribution in [-0.4, -0.2) is 134 Å². The SMILES string of the molecule is CCCCCCCCCCCOC(=O)CCCCCN(CCCCOC(=O)CCC(OCCCCCCCC)OCCCCCCCC)CCCCN1CC(C)N(CCO)CC1C.O.